The number of nitrogens with zero attached hydrogens (tertiary/aromatic N) is 1. The lowest BCUT2D eigenvalue weighted by molar-refractivity contribution is -0.137. The summed E-state index contributed by atoms with van der Waals surface area (Å²) >= 11 is 0. The first-order chi connectivity index (χ1) is 17.9. The summed E-state index contributed by atoms with van der Waals surface area (Å²) in [7, 11) is 0. The number of nitrogens with one attached hydrogen (secondary N) is 1. The first-order valence-corrected chi connectivity index (χ1v) is 12.9. The highest BCUT2D eigenvalue weighted by Crippen LogP contribution is 2.32. The Morgan fingerprint density at radius 2 is 1.49 bits per heavy atom. The molecule has 5 rings (SSSR count). The first-order valence-electron chi connectivity index (χ1n) is 12.9. The van der Waals surface area contributed by atoms with E-state index in [-0.39, 0.29) is 5.91 Å². The zero-order valence-corrected chi connectivity index (χ0v) is 20.6. The Morgan fingerprint density at radius 1 is 0.838 bits per heavy atom. The molecule has 37 heavy (non-hydrogen) atoms. The second-order valence-electron chi connectivity index (χ2n) is 9.94. The van der Waals surface area contributed by atoms with Crippen LogP contribution in [-0.4, -0.2) is 36.5 Å². The van der Waals surface area contributed by atoms with Gasteiger partial charge in [0.05, 0.1) is 12.2 Å². The number of amides is 1. The number of anilines is 1. The van der Waals surface area contributed by atoms with Crippen LogP contribution in [0, 0.1) is 5.92 Å². The Kier molecular flexibility index (Phi) is 7.51. The van der Waals surface area contributed by atoms with Crippen LogP contribution in [0.2, 0.25) is 0 Å². The van der Waals surface area contributed by atoms with Gasteiger partial charge in [0.1, 0.15) is 5.75 Å². The molecule has 1 amide bonds. The van der Waals surface area contributed by atoms with Crippen molar-refractivity contribution in [3.05, 3.63) is 83.9 Å². The number of benzene rings is 3. The molecule has 2 atom stereocenters. The summed E-state index contributed by atoms with van der Waals surface area (Å²) in [6.45, 7) is 3.15. The molecular weight excluding hydrogens is 477 g/mol. The molecule has 0 aromatic heterocycles. The zero-order chi connectivity index (χ0) is 25.8. The third-order valence-electron chi connectivity index (χ3n) is 7.50. The molecule has 2 heterocycles. The molecule has 2 fully saturated rings. The summed E-state index contributed by atoms with van der Waals surface area (Å²) in [5.41, 5.74) is 1.83. The van der Waals surface area contributed by atoms with E-state index in [1.807, 2.05) is 24.3 Å². The highest BCUT2D eigenvalue weighted by Gasteiger charge is 2.33. The maximum absolute atomic E-state index is 12.8. The Morgan fingerprint density at radius 3 is 2.16 bits per heavy atom. The molecular formula is C30H31F3N2O2. The molecule has 2 saturated heterocycles. The molecule has 4 nitrogen and oxygen atoms in total. The van der Waals surface area contributed by atoms with Crippen LogP contribution in [0.3, 0.4) is 0 Å². The molecule has 0 aliphatic carbocycles. The fraction of sp³-hybridized carbons (Fsp3) is 0.367. The molecule has 2 aliphatic rings. The average Bonchev–Trinajstić information content (AvgIpc) is 2.92. The lowest BCUT2D eigenvalue weighted by Gasteiger charge is -2.44. The van der Waals surface area contributed by atoms with Crippen LogP contribution in [0.1, 0.15) is 48.0 Å². The summed E-state index contributed by atoms with van der Waals surface area (Å²) in [6.07, 6.45) is 1.97. The minimum absolute atomic E-state index is 0.257. The van der Waals surface area contributed by atoms with Gasteiger partial charge >= 0.3 is 6.18 Å². The van der Waals surface area contributed by atoms with Gasteiger partial charge in [0.15, 0.2) is 0 Å². The van der Waals surface area contributed by atoms with E-state index < -0.39 is 11.7 Å². The van der Waals surface area contributed by atoms with E-state index in [0.29, 0.717) is 28.8 Å². The Balaban J connectivity index is 1.14. The molecule has 3 aromatic rings. The van der Waals surface area contributed by atoms with Crippen molar-refractivity contribution in [2.24, 2.45) is 5.92 Å². The van der Waals surface area contributed by atoms with Crippen LogP contribution in [0.5, 0.6) is 5.75 Å². The summed E-state index contributed by atoms with van der Waals surface area (Å²) in [4.78, 5) is 15.3. The largest absolute Gasteiger partial charge is 0.493 e. The summed E-state index contributed by atoms with van der Waals surface area (Å²) in [5.74, 6) is 1.11. The minimum atomic E-state index is -4.36. The van der Waals surface area contributed by atoms with E-state index in [1.54, 1.807) is 24.3 Å². The molecule has 0 saturated carbocycles. The lowest BCUT2D eigenvalue weighted by atomic mass is 9.84. The Labute approximate surface area is 215 Å². The minimum Gasteiger partial charge on any atom is -0.493 e. The van der Waals surface area contributed by atoms with Crippen LogP contribution in [-0.2, 0) is 6.18 Å². The highest BCUT2D eigenvalue weighted by atomic mass is 19.4. The second-order valence-corrected chi connectivity index (χ2v) is 9.94. The summed E-state index contributed by atoms with van der Waals surface area (Å²) < 4.78 is 44.5. The SMILES string of the molecule is O=C(Nc1ccc(OCC2CCCN3CCCCC23)cc1)c1ccc(-c2ccc(C(F)(F)F)cc2)cc1. The van der Waals surface area contributed by atoms with Gasteiger partial charge in [-0.1, -0.05) is 30.7 Å². The van der Waals surface area contributed by atoms with Gasteiger partial charge in [0.25, 0.3) is 5.91 Å². The molecule has 7 heteroatoms. The number of ether oxygens (including phenoxy) is 1. The maximum Gasteiger partial charge on any atom is 0.416 e. The first kappa shape index (κ1) is 25.3. The topological polar surface area (TPSA) is 41.6 Å². The third kappa shape index (κ3) is 6.16. The standard InChI is InChI=1S/C30H31F3N2O2/c31-30(32,33)25-12-10-22(11-13-25)21-6-8-23(9-7-21)29(36)34-26-14-16-27(17-15-26)37-20-24-4-3-19-35-18-2-1-5-28(24)35/h6-17,24,28H,1-5,18-20H2,(H,34,36). The van der Waals surface area contributed by atoms with Crippen LogP contribution >= 0.6 is 0 Å². The van der Waals surface area contributed by atoms with Gasteiger partial charge in [-0.15, -0.1) is 0 Å². The zero-order valence-electron chi connectivity index (χ0n) is 20.6. The number of hydrogen-bond donors (Lipinski definition) is 1. The van der Waals surface area contributed by atoms with Crippen LogP contribution in [0.25, 0.3) is 11.1 Å². The third-order valence-corrected chi connectivity index (χ3v) is 7.50. The number of piperidine rings is 2. The van der Waals surface area contributed by atoms with Crippen LogP contribution in [0.15, 0.2) is 72.8 Å². The number of carbonyl (C=O) groups excluding carboxylic acids is 1. The predicted molar refractivity (Wildman–Crippen MR) is 139 cm³/mol. The van der Waals surface area contributed by atoms with E-state index >= 15 is 0 Å². The molecule has 0 radical (unpaired) electrons. The van der Waals surface area contributed by atoms with Crippen molar-refractivity contribution >= 4 is 11.6 Å². The predicted octanol–water partition coefficient (Wildman–Crippen LogP) is 7.27. The fourth-order valence-corrected chi connectivity index (χ4v) is 5.48. The van der Waals surface area contributed by atoms with Gasteiger partial charge in [-0.2, -0.15) is 13.2 Å². The number of halogens is 3. The maximum atomic E-state index is 12.8. The Bertz CT molecular complexity index is 1190. The second kappa shape index (κ2) is 11.0. The molecule has 0 bridgehead atoms. The van der Waals surface area contributed by atoms with Gasteiger partial charge in [-0.25, -0.2) is 0 Å². The molecule has 0 spiro atoms. The van der Waals surface area contributed by atoms with E-state index in [1.165, 1.54) is 57.3 Å². The average molecular weight is 509 g/mol. The van der Waals surface area contributed by atoms with Gasteiger partial charge in [-0.3, -0.25) is 9.69 Å². The van der Waals surface area contributed by atoms with Gasteiger partial charge in [0, 0.05) is 23.2 Å². The molecule has 1 N–H and O–H groups in total. The monoisotopic (exact) mass is 508 g/mol. The van der Waals surface area contributed by atoms with Gasteiger partial charge < -0.3 is 10.1 Å². The Hall–Kier alpha value is -3.32. The van der Waals surface area contributed by atoms with Crippen molar-refractivity contribution in [3.8, 4) is 16.9 Å². The summed E-state index contributed by atoms with van der Waals surface area (Å²) in [6, 6.07) is 19.8. The molecule has 2 aliphatic heterocycles. The van der Waals surface area contributed by atoms with Crippen LogP contribution in [0.4, 0.5) is 18.9 Å². The quantitative estimate of drug-likeness (QED) is 0.381. The normalized spacial score (nSPS) is 20.2. The smallest absolute Gasteiger partial charge is 0.416 e. The number of alkyl halides is 3. The number of rotatable bonds is 6. The number of hydrogen-bond acceptors (Lipinski definition) is 3. The van der Waals surface area contributed by atoms with Gasteiger partial charge in [-0.05, 0) is 98.4 Å². The molecule has 3 aromatic carbocycles. The van der Waals surface area contributed by atoms with Crippen molar-refractivity contribution in [2.45, 2.75) is 44.3 Å². The fourth-order valence-electron chi connectivity index (χ4n) is 5.48. The van der Waals surface area contributed by atoms with Crippen molar-refractivity contribution in [3.63, 3.8) is 0 Å². The number of carbonyl (C=O) groups is 1. The van der Waals surface area contributed by atoms with Crippen molar-refractivity contribution in [2.75, 3.05) is 25.0 Å². The van der Waals surface area contributed by atoms with Gasteiger partial charge in [0.2, 0.25) is 0 Å². The van der Waals surface area contributed by atoms with Crippen molar-refractivity contribution in [1.29, 1.82) is 0 Å². The lowest BCUT2D eigenvalue weighted by Crippen LogP contribution is -2.49. The number of fused-ring (bicyclic) bond motifs is 1. The molecule has 2 unspecified atom stereocenters. The van der Waals surface area contributed by atoms with E-state index in [2.05, 4.69) is 10.2 Å². The summed E-state index contributed by atoms with van der Waals surface area (Å²) in [5, 5.41) is 2.89. The van der Waals surface area contributed by atoms with E-state index in [0.717, 1.165) is 30.1 Å². The van der Waals surface area contributed by atoms with E-state index in [9.17, 15) is 18.0 Å². The van der Waals surface area contributed by atoms with E-state index in [4.69, 9.17) is 4.74 Å². The van der Waals surface area contributed by atoms with Crippen molar-refractivity contribution < 1.29 is 22.7 Å². The van der Waals surface area contributed by atoms with Crippen molar-refractivity contribution in [1.82, 2.24) is 4.90 Å². The highest BCUT2D eigenvalue weighted by molar-refractivity contribution is 6.04. The molecule has 194 valence electrons. The van der Waals surface area contributed by atoms with Crippen LogP contribution < -0.4 is 10.1 Å².